The van der Waals surface area contributed by atoms with Crippen LogP contribution in [0.1, 0.15) is 11.3 Å². The molecule has 0 N–H and O–H groups in total. The summed E-state index contributed by atoms with van der Waals surface area (Å²) in [5.74, 6) is -1.08. The summed E-state index contributed by atoms with van der Waals surface area (Å²) in [4.78, 5) is 8.31. The maximum atomic E-state index is 13.1. The van der Waals surface area contributed by atoms with Gasteiger partial charge in [0.05, 0.1) is 26.1 Å². The fourth-order valence-electron chi connectivity index (χ4n) is 1.76. The molecule has 0 saturated carbocycles. The highest BCUT2D eigenvalue weighted by Gasteiger charge is 2.09. The van der Waals surface area contributed by atoms with Gasteiger partial charge in [-0.25, -0.2) is 18.7 Å². The summed E-state index contributed by atoms with van der Waals surface area (Å²) in [6.45, 7) is 0. The van der Waals surface area contributed by atoms with Gasteiger partial charge in [0.1, 0.15) is 0 Å². The molecule has 6 heteroatoms. The quantitative estimate of drug-likeness (QED) is 0.844. The summed E-state index contributed by atoms with van der Waals surface area (Å²) in [6.07, 6.45) is 2.64. The summed E-state index contributed by atoms with van der Waals surface area (Å²) in [5, 5.41) is 0. The minimum Gasteiger partial charge on any atom is -0.477 e. The van der Waals surface area contributed by atoms with Crippen molar-refractivity contribution in [3.8, 4) is 11.8 Å². The van der Waals surface area contributed by atoms with Gasteiger partial charge in [0.15, 0.2) is 11.6 Å². The van der Waals surface area contributed by atoms with Crippen molar-refractivity contribution in [1.29, 1.82) is 0 Å². The average molecular weight is 280 g/mol. The summed E-state index contributed by atoms with van der Waals surface area (Å²) in [5.41, 5.74) is 1.38. The van der Waals surface area contributed by atoms with Crippen molar-refractivity contribution in [2.45, 2.75) is 12.8 Å². The third-order valence-electron chi connectivity index (χ3n) is 2.80. The lowest BCUT2D eigenvalue weighted by Gasteiger charge is -2.07. The SMILES string of the molecule is COc1ncc(CCc2ccc(F)c(F)c2)nc1OC. The molecular formula is C14H14F2N2O2. The van der Waals surface area contributed by atoms with Crippen LogP contribution in [-0.2, 0) is 12.8 Å². The monoisotopic (exact) mass is 280 g/mol. The number of benzene rings is 1. The molecule has 0 spiro atoms. The molecule has 2 aromatic rings. The molecule has 1 aromatic carbocycles. The molecule has 0 aliphatic rings. The van der Waals surface area contributed by atoms with Crippen molar-refractivity contribution in [3.63, 3.8) is 0 Å². The molecule has 1 aromatic heterocycles. The van der Waals surface area contributed by atoms with Crippen LogP contribution in [0.4, 0.5) is 8.78 Å². The van der Waals surface area contributed by atoms with Crippen LogP contribution in [0.5, 0.6) is 11.8 Å². The predicted molar refractivity (Wildman–Crippen MR) is 68.9 cm³/mol. The fourth-order valence-corrected chi connectivity index (χ4v) is 1.76. The van der Waals surface area contributed by atoms with E-state index in [1.54, 1.807) is 12.3 Å². The Labute approximate surface area is 115 Å². The first-order valence-corrected chi connectivity index (χ1v) is 6.02. The van der Waals surface area contributed by atoms with Gasteiger partial charge >= 0.3 is 0 Å². The minimum absolute atomic E-state index is 0.301. The van der Waals surface area contributed by atoms with Crippen LogP contribution in [0.15, 0.2) is 24.4 Å². The second-order valence-electron chi connectivity index (χ2n) is 4.13. The number of hydrogen-bond donors (Lipinski definition) is 0. The molecule has 0 unspecified atom stereocenters. The summed E-state index contributed by atoms with van der Waals surface area (Å²) in [6, 6.07) is 3.85. The molecule has 0 radical (unpaired) electrons. The van der Waals surface area contributed by atoms with Crippen molar-refractivity contribution >= 4 is 0 Å². The predicted octanol–water partition coefficient (Wildman–Crippen LogP) is 2.56. The highest BCUT2D eigenvalue weighted by molar-refractivity contribution is 5.26. The van der Waals surface area contributed by atoms with Crippen molar-refractivity contribution in [2.24, 2.45) is 0 Å². The number of rotatable bonds is 5. The summed E-state index contributed by atoms with van der Waals surface area (Å²) >= 11 is 0. The first-order valence-electron chi connectivity index (χ1n) is 6.02. The summed E-state index contributed by atoms with van der Waals surface area (Å²) in [7, 11) is 2.96. The Morgan fingerprint density at radius 1 is 1.00 bits per heavy atom. The van der Waals surface area contributed by atoms with Gasteiger partial charge in [-0.1, -0.05) is 6.07 Å². The van der Waals surface area contributed by atoms with Crippen molar-refractivity contribution in [3.05, 3.63) is 47.3 Å². The van der Waals surface area contributed by atoms with Crippen molar-refractivity contribution in [1.82, 2.24) is 9.97 Å². The lowest BCUT2D eigenvalue weighted by Crippen LogP contribution is -2.01. The Kier molecular flexibility index (Phi) is 4.45. The van der Waals surface area contributed by atoms with Gasteiger partial charge < -0.3 is 9.47 Å². The number of halogens is 2. The highest BCUT2D eigenvalue weighted by Crippen LogP contribution is 2.21. The lowest BCUT2D eigenvalue weighted by molar-refractivity contribution is 0.330. The van der Waals surface area contributed by atoms with Gasteiger partial charge in [0.2, 0.25) is 0 Å². The standard InChI is InChI=1S/C14H14F2N2O2/c1-19-13-14(20-2)18-10(8-17-13)5-3-9-4-6-11(15)12(16)7-9/h4,6-8H,3,5H2,1-2H3. The first-order chi connectivity index (χ1) is 9.63. The number of aromatic nitrogens is 2. The second kappa shape index (κ2) is 6.27. The minimum atomic E-state index is -0.848. The number of methoxy groups -OCH3 is 2. The van der Waals surface area contributed by atoms with Crippen LogP contribution in [-0.4, -0.2) is 24.2 Å². The fraction of sp³-hybridized carbons (Fsp3) is 0.286. The van der Waals surface area contributed by atoms with Gasteiger partial charge in [-0.15, -0.1) is 0 Å². The molecular weight excluding hydrogens is 266 g/mol. The van der Waals surface area contributed by atoms with E-state index in [0.29, 0.717) is 35.9 Å². The zero-order valence-corrected chi connectivity index (χ0v) is 11.2. The number of nitrogens with zero attached hydrogens (tertiary/aromatic N) is 2. The molecule has 0 bridgehead atoms. The van der Waals surface area contributed by atoms with Crippen LogP contribution < -0.4 is 9.47 Å². The molecule has 20 heavy (non-hydrogen) atoms. The average Bonchev–Trinajstić information content (AvgIpc) is 2.48. The molecule has 0 fully saturated rings. The Morgan fingerprint density at radius 2 is 1.75 bits per heavy atom. The Bertz CT molecular complexity index is 606. The third kappa shape index (κ3) is 3.20. The van der Waals surface area contributed by atoms with Crippen LogP contribution in [0, 0.1) is 11.6 Å². The third-order valence-corrected chi connectivity index (χ3v) is 2.80. The smallest absolute Gasteiger partial charge is 0.278 e. The molecule has 0 atom stereocenters. The first kappa shape index (κ1) is 14.2. The normalized spacial score (nSPS) is 10.4. The van der Waals surface area contributed by atoms with Gasteiger partial charge in [0.25, 0.3) is 11.8 Å². The van der Waals surface area contributed by atoms with Gasteiger partial charge in [0, 0.05) is 0 Å². The van der Waals surface area contributed by atoms with Crippen LogP contribution in [0.3, 0.4) is 0 Å². The number of aryl methyl sites for hydroxylation is 2. The van der Waals surface area contributed by atoms with Gasteiger partial charge in [-0.05, 0) is 30.5 Å². The number of hydrogen-bond acceptors (Lipinski definition) is 4. The number of ether oxygens (including phenoxy) is 2. The van der Waals surface area contributed by atoms with E-state index in [0.717, 1.165) is 6.07 Å². The molecule has 0 aliphatic heterocycles. The lowest BCUT2D eigenvalue weighted by atomic mass is 10.1. The molecule has 1 heterocycles. The molecule has 4 nitrogen and oxygen atoms in total. The van der Waals surface area contributed by atoms with E-state index >= 15 is 0 Å². The highest BCUT2D eigenvalue weighted by atomic mass is 19.2. The van der Waals surface area contributed by atoms with E-state index < -0.39 is 11.6 Å². The van der Waals surface area contributed by atoms with E-state index in [1.807, 2.05) is 0 Å². The van der Waals surface area contributed by atoms with E-state index in [-0.39, 0.29) is 0 Å². The Morgan fingerprint density at radius 3 is 2.40 bits per heavy atom. The Balaban J connectivity index is 2.08. The van der Waals surface area contributed by atoms with Crippen molar-refractivity contribution < 1.29 is 18.3 Å². The van der Waals surface area contributed by atoms with Crippen LogP contribution >= 0.6 is 0 Å². The van der Waals surface area contributed by atoms with Crippen molar-refractivity contribution in [2.75, 3.05) is 14.2 Å². The van der Waals surface area contributed by atoms with E-state index in [9.17, 15) is 8.78 Å². The molecule has 0 saturated heterocycles. The maximum Gasteiger partial charge on any atom is 0.278 e. The van der Waals surface area contributed by atoms with Crippen LogP contribution in [0.25, 0.3) is 0 Å². The zero-order chi connectivity index (χ0) is 14.5. The molecule has 0 aliphatic carbocycles. The molecule has 2 rings (SSSR count). The molecule has 0 amide bonds. The second-order valence-corrected chi connectivity index (χ2v) is 4.13. The maximum absolute atomic E-state index is 13.1. The molecule has 106 valence electrons. The van der Waals surface area contributed by atoms with E-state index in [1.165, 1.54) is 20.3 Å². The van der Waals surface area contributed by atoms with Gasteiger partial charge in [-0.2, -0.15) is 0 Å². The van der Waals surface area contributed by atoms with E-state index in [4.69, 9.17) is 9.47 Å². The van der Waals surface area contributed by atoms with E-state index in [2.05, 4.69) is 9.97 Å². The summed E-state index contributed by atoms with van der Waals surface area (Å²) < 4.78 is 35.9. The Hall–Kier alpha value is -2.24. The largest absolute Gasteiger partial charge is 0.477 e. The zero-order valence-electron chi connectivity index (χ0n) is 11.2. The van der Waals surface area contributed by atoms with Gasteiger partial charge in [-0.3, -0.25) is 0 Å². The van der Waals surface area contributed by atoms with Crippen LogP contribution in [0.2, 0.25) is 0 Å². The topological polar surface area (TPSA) is 44.2 Å².